The van der Waals surface area contributed by atoms with Crippen LogP contribution in [-0.2, 0) is 6.42 Å². The molecule has 0 amide bonds. The van der Waals surface area contributed by atoms with Crippen molar-refractivity contribution in [1.82, 2.24) is 0 Å². The van der Waals surface area contributed by atoms with E-state index in [2.05, 4.69) is 49.7 Å². The normalized spacial score (nSPS) is 12.4. The van der Waals surface area contributed by atoms with Crippen LogP contribution in [0.2, 0.25) is 0 Å². The summed E-state index contributed by atoms with van der Waals surface area (Å²) in [5.74, 6) is 1.95. The highest BCUT2D eigenvalue weighted by Gasteiger charge is 1.98. The van der Waals surface area contributed by atoms with Crippen LogP contribution in [0, 0.1) is 5.92 Å². The fourth-order valence-corrected chi connectivity index (χ4v) is 1.89. The first-order valence-electron chi connectivity index (χ1n) is 6.08. The van der Waals surface area contributed by atoms with Crippen LogP contribution < -0.4 is 5.32 Å². The summed E-state index contributed by atoms with van der Waals surface area (Å²) >= 11 is 1.90. The smallest absolute Gasteiger partial charge is 0.0340 e. The Balaban J connectivity index is 2.38. The Morgan fingerprint density at radius 3 is 2.50 bits per heavy atom. The Hall–Kier alpha value is -0.630. The second-order valence-electron chi connectivity index (χ2n) is 4.33. The molecule has 0 fully saturated rings. The van der Waals surface area contributed by atoms with Gasteiger partial charge in [0, 0.05) is 12.2 Å². The van der Waals surface area contributed by atoms with Crippen molar-refractivity contribution in [3.05, 3.63) is 29.8 Å². The summed E-state index contributed by atoms with van der Waals surface area (Å²) in [6.07, 6.45) is 4.56. The van der Waals surface area contributed by atoms with E-state index in [1.807, 2.05) is 11.8 Å². The number of thioether (sulfide) groups is 1. The van der Waals surface area contributed by atoms with Gasteiger partial charge in [-0.25, -0.2) is 0 Å². The van der Waals surface area contributed by atoms with Gasteiger partial charge in [0.05, 0.1) is 0 Å². The average Bonchev–Trinajstić information content (AvgIpc) is 2.34. The Morgan fingerprint density at radius 1 is 1.25 bits per heavy atom. The summed E-state index contributed by atoms with van der Waals surface area (Å²) < 4.78 is 0. The zero-order valence-electron chi connectivity index (χ0n) is 10.6. The highest BCUT2D eigenvalue weighted by molar-refractivity contribution is 7.98. The number of hydrogen-bond donors (Lipinski definition) is 1. The molecule has 1 nitrogen and oxygen atoms in total. The van der Waals surface area contributed by atoms with Gasteiger partial charge in [0.15, 0.2) is 0 Å². The molecule has 0 aliphatic carbocycles. The summed E-state index contributed by atoms with van der Waals surface area (Å²) in [5, 5.41) is 3.47. The molecule has 1 aromatic rings. The van der Waals surface area contributed by atoms with Crippen molar-refractivity contribution < 1.29 is 0 Å². The first-order valence-corrected chi connectivity index (χ1v) is 7.47. The zero-order chi connectivity index (χ0) is 11.8. The highest BCUT2D eigenvalue weighted by atomic mass is 32.2. The molecule has 1 aromatic carbocycles. The van der Waals surface area contributed by atoms with E-state index in [9.17, 15) is 0 Å². The quantitative estimate of drug-likeness (QED) is 0.768. The minimum Gasteiger partial charge on any atom is -0.385 e. The van der Waals surface area contributed by atoms with Crippen molar-refractivity contribution >= 4 is 17.4 Å². The van der Waals surface area contributed by atoms with E-state index in [1.54, 1.807) is 0 Å². The molecule has 1 unspecified atom stereocenters. The predicted octanol–water partition coefficient (Wildman–Crippen LogP) is 4.05. The SMILES string of the molecule is CCC(C)CNc1ccc(CCSC)cc1. The van der Waals surface area contributed by atoms with E-state index in [-0.39, 0.29) is 0 Å². The molecule has 1 N–H and O–H groups in total. The van der Waals surface area contributed by atoms with Crippen LogP contribution in [0.25, 0.3) is 0 Å². The predicted molar refractivity (Wildman–Crippen MR) is 76.5 cm³/mol. The summed E-state index contributed by atoms with van der Waals surface area (Å²) in [5.41, 5.74) is 2.68. The van der Waals surface area contributed by atoms with Crippen LogP contribution >= 0.6 is 11.8 Å². The van der Waals surface area contributed by atoms with Gasteiger partial charge in [-0.3, -0.25) is 0 Å². The van der Waals surface area contributed by atoms with Crippen molar-refractivity contribution in [3.63, 3.8) is 0 Å². The standard InChI is InChI=1S/C14H23NS/c1-4-12(2)11-15-14-7-5-13(6-8-14)9-10-16-3/h5-8,12,15H,4,9-11H2,1-3H3. The third-order valence-corrected chi connectivity index (χ3v) is 3.51. The van der Waals surface area contributed by atoms with E-state index >= 15 is 0 Å². The highest BCUT2D eigenvalue weighted by Crippen LogP contribution is 2.12. The topological polar surface area (TPSA) is 12.0 Å². The monoisotopic (exact) mass is 237 g/mol. The number of anilines is 1. The van der Waals surface area contributed by atoms with E-state index < -0.39 is 0 Å². The van der Waals surface area contributed by atoms with E-state index in [4.69, 9.17) is 0 Å². The largest absolute Gasteiger partial charge is 0.385 e. The number of nitrogens with one attached hydrogen (secondary N) is 1. The Morgan fingerprint density at radius 2 is 1.94 bits per heavy atom. The van der Waals surface area contributed by atoms with Crippen LogP contribution in [0.3, 0.4) is 0 Å². The molecular formula is C14H23NS. The van der Waals surface area contributed by atoms with Crippen molar-refractivity contribution in [3.8, 4) is 0 Å². The number of hydrogen-bond acceptors (Lipinski definition) is 2. The lowest BCUT2D eigenvalue weighted by atomic mass is 10.1. The minimum atomic E-state index is 0.746. The second kappa shape index (κ2) is 7.61. The number of aryl methyl sites for hydroxylation is 1. The molecule has 1 rings (SSSR count). The third-order valence-electron chi connectivity index (χ3n) is 2.90. The van der Waals surface area contributed by atoms with Gasteiger partial charge in [-0.2, -0.15) is 11.8 Å². The van der Waals surface area contributed by atoms with Crippen molar-refractivity contribution in [1.29, 1.82) is 0 Å². The lowest BCUT2D eigenvalue weighted by Gasteiger charge is -2.11. The number of rotatable bonds is 7. The molecule has 0 bridgehead atoms. The molecule has 90 valence electrons. The lowest BCUT2D eigenvalue weighted by Crippen LogP contribution is -2.10. The minimum absolute atomic E-state index is 0.746. The first-order chi connectivity index (χ1) is 7.76. The van der Waals surface area contributed by atoms with Crippen molar-refractivity contribution in [2.45, 2.75) is 26.7 Å². The summed E-state index contributed by atoms with van der Waals surface area (Å²) in [6.45, 7) is 5.58. The van der Waals surface area contributed by atoms with Crippen LogP contribution in [0.15, 0.2) is 24.3 Å². The van der Waals surface area contributed by atoms with Gasteiger partial charge in [-0.15, -0.1) is 0 Å². The molecule has 0 aromatic heterocycles. The molecule has 0 saturated heterocycles. The van der Waals surface area contributed by atoms with Crippen LogP contribution in [0.5, 0.6) is 0 Å². The second-order valence-corrected chi connectivity index (χ2v) is 5.32. The summed E-state index contributed by atoms with van der Waals surface area (Å²) in [7, 11) is 0. The van der Waals surface area contributed by atoms with E-state index in [0.29, 0.717) is 0 Å². The molecule has 0 radical (unpaired) electrons. The fourth-order valence-electron chi connectivity index (χ4n) is 1.45. The van der Waals surface area contributed by atoms with Gasteiger partial charge in [0.1, 0.15) is 0 Å². The van der Waals surface area contributed by atoms with E-state index in [0.717, 1.165) is 12.5 Å². The zero-order valence-corrected chi connectivity index (χ0v) is 11.4. The van der Waals surface area contributed by atoms with E-state index in [1.165, 1.54) is 29.8 Å². The maximum atomic E-state index is 3.47. The van der Waals surface area contributed by atoms with Gasteiger partial charge in [-0.1, -0.05) is 32.4 Å². The molecular weight excluding hydrogens is 214 g/mol. The van der Waals surface area contributed by atoms with Gasteiger partial charge in [-0.05, 0) is 42.0 Å². The first kappa shape index (κ1) is 13.4. The summed E-state index contributed by atoms with van der Waals surface area (Å²) in [6, 6.07) is 8.85. The van der Waals surface area contributed by atoms with Gasteiger partial charge in [0.25, 0.3) is 0 Å². The fraction of sp³-hybridized carbons (Fsp3) is 0.571. The van der Waals surface area contributed by atoms with Crippen LogP contribution in [0.4, 0.5) is 5.69 Å². The molecule has 2 heteroatoms. The molecule has 0 aliphatic rings. The molecule has 0 aliphatic heterocycles. The number of benzene rings is 1. The molecule has 16 heavy (non-hydrogen) atoms. The lowest BCUT2D eigenvalue weighted by molar-refractivity contribution is 0.593. The van der Waals surface area contributed by atoms with Crippen LogP contribution in [0.1, 0.15) is 25.8 Å². The Bertz CT molecular complexity index is 281. The molecule has 0 saturated carbocycles. The average molecular weight is 237 g/mol. The van der Waals surface area contributed by atoms with Gasteiger partial charge < -0.3 is 5.32 Å². The van der Waals surface area contributed by atoms with Crippen molar-refractivity contribution in [2.24, 2.45) is 5.92 Å². The van der Waals surface area contributed by atoms with Crippen molar-refractivity contribution in [2.75, 3.05) is 23.9 Å². The summed E-state index contributed by atoms with van der Waals surface area (Å²) in [4.78, 5) is 0. The molecule has 1 atom stereocenters. The maximum Gasteiger partial charge on any atom is 0.0340 e. The van der Waals surface area contributed by atoms with Gasteiger partial charge in [0.2, 0.25) is 0 Å². The Kier molecular flexibility index (Phi) is 6.39. The van der Waals surface area contributed by atoms with Gasteiger partial charge >= 0.3 is 0 Å². The molecule has 0 spiro atoms. The Labute approximate surface area is 104 Å². The molecule has 0 heterocycles. The third kappa shape index (κ3) is 4.93. The van der Waals surface area contributed by atoms with Crippen LogP contribution in [-0.4, -0.2) is 18.6 Å². The maximum absolute atomic E-state index is 3.47.